The smallest absolute Gasteiger partial charge is 0.416 e. The zero-order chi connectivity index (χ0) is 23.0. The van der Waals surface area contributed by atoms with E-state index < -0.39 is 23.6 Å². The van der Waals surface area contributed by atoms with Crippen molar-refractivity contribution in [3.8, 4) is 5.75 Å². The molecular formula is C22H16F4N4O2. The minimum atomic E-state index is -4.54. The van der Waals surface area contributed by atoms with Crippen molar-refractivity contribution in [3.63, 3.8) is 0 Å². The van der Waals surface area contributed by atoms with E-state index in [1.54, 1.807) is 13.1 Å². The fourth-order valence-corrected chi connectivity index (χ4v) is 3.30. The topological polar surface area (TPSA) is 68.0 Å². The number of anilines is 1. The lowest BCUT2D eigenvalue weighted by atomic mass is 10.2. The minimum absolute atomic E-state index is 0.0382. The molecule has 0 bridgehead atoms. The second kappa shape index (κ2) is 7.95. The van der Waals surface area contributed by atoms with Gasteiger partial charge in [0.15, 0.2) is 11.6 Å². The lowest BCUT2D eigenvalue weighted by Gasteiger charge is -2.13. The number of aryl methyl sites for hydroxylation is 1. The first-order chi connectivity index (χ1) is 15.1. The molecule has 6 nitrogen and oxygen atoms in total. The molecular weight excluding hydrogens is 428 g/mol. The van der Waals surface area contributed by atoms with Gasteiger partial charge in [0.25, 0.3) is 0 Å². The Bertz CT molecular complexity index is 1310. The van der Waals surface area contributed by atoms with Crippen LogP contribution in [-0.2, 0) is 6.18 Å². The number of rotatable bonds is 2. The van der Waals surface area contributed by atoms with E-state index in [4.69, 9.17) is 4.74 Å². The molecule has 2 aromatic carbocycles. The minimum Gasteiger partial charge on any atom is -0.439 e. The number of fused-ring (bicyclic) bond motifs is 1. The van der Waals surface area contributed by atoms with Crippen molar-refractivity contribution in [2.75, 3.05) is 5.32 Å². The molecule has 1 aromatic heterocycles. The van der Waals surface area contributed by atoms with E-state index in [9.17, 15) is 18.0 Å². The third-order valence-electron chi connectivity index (χ3n) is 4.70. The molecule has 0 unspecified atom stereocenters. The van der Waals surface area contributed by atoms with E-state index in [-0.39, 0.29) is 40.5 Å². The zero-order valence-electron chi connectivity index (χ0n) is 16.7. The highest BCUT2D eigenvalue weighted by molar-refractivity contribution is 6.00. The highest BCUT2D eigenvalue weighted by Gasteiger charge is 2.30. The van der Waals surface area contributed by atoms with Crippen LogP contribution in [0, 0.1) is 12.7 Å². The number of ether oxygens (including phenoxy) is 1. The number of hydrogen-bond acceptors (Lipinski definition) is 4. The van der Waals surface area contributed by atoms with Crippen LogP contribution >= 0.6 is 0 Å². The van der Waals surface area contributed by atoms with Gasteiger partial charge in [-0.3, -0.25) is 4.57 Å². The fraction of sp³-hybridized carbons (Fsp3) is 0.136. The molecule has 0 saturated carbocycles. The van der Waals surface area contributed by atoms with Crippen LogP contribution in [0.3, 0.4) is 0 Å². The molecule has 0 fully saturated rings. The van der Waals surface area contributed by atoms with E-state index in [1.165, 1.54) is 34.9 Å². The average molecular weight is 444 g/mol. The van der Waals surface area contributed by atoms with Crippen LogP contribution in [0.5, 0.6) is 5.75 Å². The monoisotopic (exact) mass is 444 g/mol. The van der Waals surface area contributed by atoms with Crippen LogP contribution in [0.4, 0.5) is 28.0 Å². The predicted molar refractivity (Wildman–Crippen MR) is 113 cm³/mol. The predicted octanol–water partition coefficient (Wildman–Crippen LogP) is 5.91. The summed E-state index contributed by atoms with van der Waals surface area (Å²) in [5.74, 6) is -0.329. The van der Waals surface area contributed by atoms with Crippen molar-refractivity contribution in [1.29, 1.82) is 0 Å². The van der Waals surface area contributed by atoms with Crippen LogP contribution in [-0.4, -0.2) is 22.7 Å². The van der Waals surface area contributed by atoms with Crippen LogP contribution < -0.4 is 10.1 Å². The first-order valence-electron chi connectivity index (χ1n) is 9.39. The summed E-state index contributed by atoms with van der Waals surface area (Å²) >= 11 is 0. The summed E-state index contributed by atoms with van der Waals surface area (Å²) in [6, 6.07) is 7.81. The molecule has 0 spiro atoms. The Morgan fingerprint density at radius 2 is 2.00 bits per heavy atom. The van der Waals surface area contributed by atoms with Gasteiger partial charge in [-0.1, -0.05) is 12.6 Å². The molecule has 4 rings (SSSR count). The summed E-state index contributed by atoms with van der Waals surface area (Å²) < 4.78 is 60.6. The molecule has 0 saturated heterocycles. The molecule has 164 valence electrons. The van der Waals surface area contributed by atoms with Crippen LogP contribution in [0.25, 0.3) is 10.9 Å². The number of aliphatic imine (C=N–C) groups is 2. The van der Waals surface area contributed by atoms with Crippen LogP contribution in [0.15, 0.2) is 64.8 Å². The number of halogens is 4. The van der Waals surface area contributed by atoms with Crippen molar-refractivity contribution < 1.29 is 27.1 Å². The van der Waals surface area contributed by atoms with Crippen molar-refractivity contribution in [2.24, 2.45) is 9.98 Å². The maximum atomic E-state index is 15.1. The van der Waals surface area contributed by atoms with Gasteiger partial charge in [0.2, 0.25) is 5.90 Å². The number of hydrogen-bond donors (Lipinski definition) is 1. The second-order valence-corrected chi connectivity index (χ2v) is 6.98. The summed E-state index contributed by atoms with van der Waals surface area (Å²) in [7, 11) is 0. The number of benzene rings is 2. The molecule has 10 heteroatoms. The Hall–Kier alpha value is -3.95. The average Bonchev–Trinajstić information content (AvgIpc) is 3.06. The first kappa shape index (κ1) is 21.3. The molecule has 1 amide bonds. The van der Waals surface area contributed by atoms with Gasteiger partial charge in [0, 0.05) is 23.0 Å². The standard InChI is InChI=1S/C22H16F4N4O2/c1-12-10-16-17(6-7-18(20(16)23)32-19-8-9-27-13(2)28-19)30(12)21(31)29-15-5-3-4-14(11-15)22(24,25)26/h3-7,9-11H,2,8H2,1H3,(H,29,31). The van der Waals surface area contributed by atoms with Gasteiger partial charge in [-0.05, 0) is 43.3 Å². The summed E-state index contributed by atoms with van der Waals surface area (Å²) in [5, 5.41) is 2.54. The zero-order valence-corrected chi connectivity index (χ0v) is 16.7. The van der Waals surface area contributed by atoms with E-state index >= 15 is 4.39 Å². The van der Waals surface area contributed by atoms with Crippen molar-refractivity contribution in [2.45, 2.75) is 19.5 Å². The molecule has 1 N–H and O–H groups in total. The van der Waals surface area contributed by atoms with Crippen molar-refractivity contribution >= 4 is 34.7 Å². The van der Waals surface area contributed by atoms with Gasteiger partial charge < -0.3 is 10.1 Å². The first-order valence-corrected chi connectivity index (χ1v) is 9.39. The molecule has 0 atom stereocenters. The van der Waals surface area contributed by atoms with Crippen molar-refractivity contribution in [3.05, 3.63) is 71.9 Å². The summed E-state index contributed by atoms with van der Waals surface area (Å²) in [6.07, 6.45) is -2.73. The van der Waals surface area contributed by atoms with Gasteiger partial charge >= 0.3 is 12.2 Å². The molecule has 3 aromatic rings. The van der Waals surface area contributed by atoms with Gasteiger partial charge in [0.1, 0.15) is 5.82 Å². The molecule has 0 radical (unpaired) electrons. The Morgan fingerprint density at radius 1 is 1.22 bits per heavy atom. The molecule has 0 aliphatic carbocycles. The summed E-state index contributed by atoms with van der Waals surface area (Å²) in [5.41, 5.74) is -0.316. The molecule has 1 aliphatic rings. The Morgan fingerprint density at radius 3 is 2.72 bits per heavy atom. The summed E-state index contributed by atoms with van der Waals surface area (Å²) in [6.45, 7) is 5.18. The van der Waals surface area contributed by atoms with E-state index in [1.807, 2.05) is 0 Å². The maximum absolute atomic E-state index is 15.1. The third kappa shape index (κ3) is 4.11. The van der Waals surface area contributed by atoms with Crippen LogP contribution in [0.2, 0.25) is 0 Å². The second-order valence-electron chi connectivity index (χ2n) is 6.98. The quantitative estimate of drug-likeness (QED) is 0.499. The highest BCUT2D eigenvalue weighted by atomic mass is 19.4. The number of carbonyl (C=O) groups is 1. The number of amides is 1. The molecule has 2 heterocycles. The largest absolute Gasteiger partial charge is 0.439 e. The number of nitrogens with zero attached hydrogens (tertiary/aromatic N) is 3. The van der Waals surface area contributed by atoms with E-state index in [0.29, 0.717) is 5.69 Å². The number of aromatic nitrogens is 1. The SMILES string of the molecule is C=C1N=CCC(Oc2ccc3c(cc(C)n3C(=O)Nc3cccc(C(F)(F)F)c3)c2F)=N1. The van der Waals surface area contributed by atoms with E-state index in [2.05, 4.69) is 21.9 Å². The number of nitrogens with one attached hydrogen (secondary N) is 1. The fourth-order valence-electron chi connectivity index (χ4n) is 3.30. The maximum Gasteiger partial charge on any atom is 0.416 e. The normalized spacial score (nSPS) is 13.9. The number of carbonyl (C=O) groups excluding carboxylic acids is 1. The lowest BCUT2D eigenvalue weighted by Crippen LogP contribution is -2.20. The summed E-state index contributed by atoms with van der Waals surface area (Å²) in [4.78, 5) is 20.7. The van der Waals surface area contributed by atoms with Crippen LogP contribution in [0.1, 0.15) is 17.7 Å². The molecule has 32 heavy (non-hydrogen) atoms. The molecule has 1 aliphatic heterocycles. The van der Waals surface area contributed by atoms with Gasteiger partial charge in [-0.25, -0.2) is 14.2 Å². The van der Waals surface area contributed by atoms with Crippen molar-refractivity contribution in [1.82, 2.24) is 4.57 Å². The Balaban J connectivity index is 1.64. The Labute approximate surface area is 179 Å². The third-order valence-corrected chi connectivity index (χ3v) is 4.70. The number of alkyl halides is 3. The van der Waals surface area contributed by atoms with E-state index in [0.717, 1.165) is 12.1 Å². The van der Waals surface area contributed by atoms with Gasteiger partial charge in [-0.15, -0.1) is 0 Å². The lowest BCUT2D eigenvalue weighted by molar-refractivity contribution is -0.137. The van der Waals surface area contributed by atoms with Gasteiger partial charge in [0.05, 0.1) is 17.5 Å². The highest BCUT2D eigenvalue weighted by Crippen LogP contribution is 2.32. The van der Waals surface area contributed by atoms with Gasteiger partial charge in [-0.2, -0.15) is 18.2 Å². The Kier molecular flexibility index (Phi) is 5.29.